The second-order valence-corrected chi connectivity index (χ2v) is 11.4. The normalized spacial score (nSPS) is 20.6. The number of carbonyl (C=O) groups is 1. The zero-order chi connectivity index (χ0) is 23.0. The van der Waals surface area contributed by atoms with Gasteiger partial charge in [0.25, 0.3) is 0 Å². The van der Waals surface area contributed by atoms with E-state index in [0.717, 1.165) is 30.5 Å². The van der Waals surface area contributed by atoms with Crippen molar-refractivity contribution in [3.8, 4) is 0 Å². The molecular weight excluding hydrogens is 420 g/mol. The van der Waals surface area contributed by atoms with E-state index in [9.17, 15) is 13.2 Å². The molecule has 4 rings (SSSR count). The molecule has 2 aliphatic heterocycles. The molecule has 2 aromatic carbocycles. The van der Waals surface area contributed by atoms with Crippen molar-refractivity contribution in [2.75, 3.05) is 19.6 Å². The Balaban J connectivity index is 1.44. The molecule has 172 valence electrons. The van der Waals surface area contributed by atoms with Gasteiger partial charge in [0.2, 0.25) is 15.9 Å². The Bertz CT molecular complexity index is 1120. The molecule has 0 N–H and O–H groups in total. The van der Waals surface area contributed by atoms with Gasteiger partial charge in [-0.2, -0.15) is 4.31 Å². The van der Waals surface area contributed by atoms with Crippen LogP contribution in [0.1, 0.15) is 59.5 Å². The van der Waals surface area contributed by atoms with Crippen LogP contribution in [0.25, 0.3) is 0 Å². The van der Waals surface area contributed by atoms with Gasteiger partial charge < -0.3 is 4.90 Å². The first-order valence-electron chi connectivity index (χ1n) is 11.6. The van der Waals surface area contributed by atoms with Crippen LogP contribution in [-0.4, -0.2) is 43.2 Å². The van der Waals surface area contributed by atoms with Crippen molar-refractivity contribution >= 4 is 15.9 Å². The molecular formula is C26H34N2O3S. The molecule has 5 nitrogen and oxygen atoms in total. The Morgan fingerprint density at radius 3 is 2.22 bits per heavy atom. The van der Waals surface area contributed by atoms with Gasteiger partial charge in [0, 0.05) is 25.6 Å². The molecule has 2 aliphatic rings. The number of piperidine rings is 1. The highest BCUT2D eigenvalue weighted by Crippen LogP contribution is 2.36. The Morgan fingerprint density at radius 2 is 1.56 bits per heavy atom. The molecule has 2 saturated heterocycles. The fourth-order valence-corrected chi connectivity index (χ4v) is 6.83. The van der Waals surface area contributed by atoms with Crippen molar-refractivity contribution in [1.29, 1.82) is 0 Å². The first kappa shape index (κ1) is 23.0. The Kier molecular flexibility index (Phi) is 6.46. The first-order chi connectivity index (χ1) is 15.2. The van der Waals surface area contributed by atoms with Crippen LogP contribution in [0.15, 0.2) is 41.3 Å². The highest BCUT2D eigenvalue weighted by Gasteiger charge is 2.38. The molecule has 1 unspecified atom stereocenters. The lowest BCUT2D eigenvalue weighted by atomic mass is 9.94. The van der Waals surface area contributed by atoms with Crippen molar-refractivity contribution in [2.24, 2.45) is 5.92 Å². The van der Waals surface area contributed by atoms with Crippen molar-refractivity contribution < 1.29 is 13.2 Å². The largest absolute Gasteiger partial charge is 0.335 e. The van der Waals surface area contributed by atoms with E-state index in [4.69, 9.17) is 0 Å². The summed E-state index contributed by atoms with van der Waals surface area (Å²) in [6.07, 6.45) is 3.18. The van der Waals surface area contributed by atoms with Gasteiger partial charge in [-0.1, -0.05) is 35.9 Å². The molecule has 2 heterocycles. The van der Waals surface area contributed by atoms with E-state index in [-0.39, 0.29) is 17.9 Å². The smallest absolute Gasteiger partial charge is 0.243 e. The number of benzene rings is 2. The Labute approximate surface area is 192 Å². The molecule has 0 spiro atoms. The van der Waals surface area contributed by atoms with Crippen LogP contribution in [-0.2, 0) is 14.8 Å². The van der Waals surface area contributed by atoms with Crippen LogP contribution in [0.3, 0.4) is 0 Å². The number of aryl methyl sites for hydroxylation is 4. The standard InChI is InChI=1S/C26H34N2O3S/c1-18-7-10-25(21(4)16-18)32(30,31)27-14-11-22(12-15-27)26(29)28-13-5-6-24(28)23-9-8-19(2)20(3)17-23/h7-10,16-17,22,24H,5-6,11-15H2,1-4H3. The minimum absolute atomic E-state index is 0.104. The number of hydrogen-bond acceptors (Lipinski definition) is 3. The number of carbonyl (C=O) groups excluding carboxylic acids is 1. The maximum absolute atomic E-state index is 13.4. The van der Waals surface area contributed by atoms with Crippen molar-refractivity contribution in [3.05, 3.63) is 64.2 Å². The molecule has 1 amide bonds. The van der Waals surface area contributed by atoms with E-state index in [1.807, 2.05) is 30.9 Å². The number of rotatable bonds is 4. The van der Waals surface area contributed by atoms with E-state index in [2.05, 4.69) is 32.0 Å². The molecule has 0 radical (unpaired) electrons. The minimum atomic E-state index is -3.53. The highest BCUT2D eigenvalue weighted by molar-refractivity contribution is 7.89. The molecule has 2 aromatic rings. The number of likely N-dealkylation sites (tertiary alicyclic amines) is 1. The topological polar surface area (TPSA) is 57.7 Å². The van der Waals surface area contributed by atoms with E-state index in [0.29, 0.717) is 30.8 Å². The lowest BCUT2D eigenvalue weighted by molar-refractivity contribution is -0.137. The van der Waals surface area contributed by atoms with Crippen LogP contribution in [0.4, 0.5) is 0 Å². The summed E-state index contributed by atoms with van der Waals surface area (Å²) in [5, 5.41) is 0. The van der Waals surface area contributed by atoms with Gasteiger partial charge in [-0.3, -0.25) is 4.79 Å². The zero-order valence-electron chi connectivity index (χ0n) is 19.6. The van der Waals surface area contributed by atoms with Gasteiger partial charge in [0.05, 0.1) is 10.9 Å². The van der Waals surface area contributed by atoms with E-state index in [1.54, 1.807) is 10.4 Å². The summed E-state index contributed by atoms with van der Waals surface area (Å²) in [6.45, 7) is 9.61. The summed E-state index contributed by atoms with van der Waals surface area (Å²) in [5.74, 6) is 0.0852. The van der Waals surface area contributed by atoms with Gasteiger partial charge in [-0.15, -0.1) is 0 Å². The fraction of sp³-hybridized carbons (Fsp3) is 0.500. The summed E-state index contributed by atoms with van der Waals surface area (Å²) >= 11 is 0. The highest BCUT2D eigenvalue weighted by atomic mass is 32.2. The summed E-state index contributed by atoms with van der Waals surface area (Å²) in [7, 11) is -3.53. The maximum Gasteiger partial charge on any atom is 0.243 e. The second kappa shape index (κ2) is 8.99. The van der Waals surface area contributed by atoms with Crippen molar-refractivity contribution in [2.45, 2.75) is 64.3 Å². The summed E-state index contributed by atoms with van der Waals surface area (Å²) in [4.78, 5) is 15.8. The third kappa shape index (κ3) is 4.35. The van der Waals surface area contributed by atoms with Crippen LogP contribution in [0.5, 0.6) is 0 Å². The second-order valence-electron chi connectivity index (χ2n) is 9.48. The Morgan fingerprint density at radius 1 is 0.844 bits per heavy atom. The number of sulfonamides is 1. The third-order valence-corrected chi connectivity index (χ3v) is 9.26. The molecule has 2 fully saturated rings. The SMILES string of the molecule is Cc1ccc(S(=O)(=O)N2CCC(C(=O)N3CCCC3c3ccc(C)c(C)c3)CC2)c(C)c1. The summed E-state index contributed by atoms with van der Waals surface area (Å²) in [5.41, 5.74) is 5.56. The molecule has 0 bridgehead atoms. The van der Waals surface area contributed by atoms with Crippen LogP contribution < -0.4 is 0 Å². The zero-order valence-corrected chi connectivity index (χ0v) is 20.4. The van der Waals surface area contributed by atoms with Crippen LogP contribution >= 0.6 is 0 Å². The summed E-state index contributed by atoms with van der Waals surface area (Å²) in [6, 6.07) is 12.1. The molecule has 6 heteroatoms. The number of nitrogens with zero attached hydrogens (tertiary/aromatic N) is 2. The maximum atomic E-state index is 13.4. The van der Waals surface area contributed by atoms with Gasteiger partial charge in [0.15, 0.2) is 0 Å². The van der Waals surface area contributed by atoms with Crippen molar-refractivity contribution in [3.63, 3.8) is 0 Å². The Hall–Kier alpha value is -2.18. The number of amides is 1. The molecule has 1 atom stereocenters. The van der Waals surface area contributed by atoms with E-state index < -0.39 is 10.0 Å². The molecule has 32 heavy (non-hydrogen) atoms. The van der Waals surface area contributed by atoms with Crippen molar-refractivity contribution in [1.82, 2.24) is 9.21 Å². The molecule has 0 saturated carbocycles. The van der Waals surface area contributed by atoms with Gasteiger partial charge in [-0.05, 0) is 81.7 Å². The average Bonchev–Trinajstić information content (AvgIpc) is 3.25. The summed E-state index contributed by atoms with van der Waals surface area (Å²) < 4.78 is 27.9. The predicted molar refractivity (Wildman–Crippen MR) is 127 cm³/mol. The quantitative estimate of drug-likeness (QED) is 0.674. The van der Waals surface area contributed by atoms with Gasteiger partial charge >= 0.3 is 0 Å². The van der Waals surface area contributed by atoms with Gasteiger partial charge in [-0.25, -0.2) is 8.42 Å². The van der Waals surface area contributed by atoms with Crippen LogP contribution in [0, 0.1) is 33.6 Å². The lowest BCUT2D eigenvalue weighted by Gasteiger charge is -2.34. The predicted octanol–water partition coefficient (Wildman–Crippen LogP) is 4.68. The fourth-order valence-electron chi connectivity index (χ4n) is 5.15. The first-order valence-corrected chi connectivity index (χ1v) is 13.1. The number of hydrogen-bond donors (Lipinski definition) is 0. The van der Waals surface area contributed by atoms with E-state index in [1.165, 1.54) is 16.7 Å². The van der Waals surface area contributed by atoms with Crippen LogP contribution in [0.2, 0.25) is 0 Å². The average molecular weight is 455 g/mol. The van der Waals surface area contributed by atoms with E-state index >= 15 is 0 Å². The van der Waals surface area contributed by atoms with Gasteiger partial charge in [0.1, 0.15) is 0 Å². The third-order valence-electron chi connectivity index (χ3n) is 7.20. The molecule has 0 aliphatic carbocycles. The monoisotopic (exact) mass is 454 g/mol. The minimum Gasteiger partial charge on any atom is -0.335 e. The molecule has 0 aromatic heterocycles. The lowest BCUT2D eigenvalue weighted by Crippen LogP contribution is -2.44.